The number of fused-ring (bicyclic) bond motifs is 1. The summed E-state index contributed by atoms with van der Waals surface area (Å²) in [6.07, 6.45) is 2.44. The number of nitrogens with zero attached hydrogens (tertiary/aromatic N) is 6. The van der Waals surface area contributed by atoms with Gasteiger partial charge in [-0.25, -0.2) is 23.4 Å². The van der Waals surface area contributed by atoms with Crippen molar-refractivity contribution in [2.45, 2.75) is 33.1 Å². The molecule has 3 heterocycles. The monoisotopic (exact) mass is 438 g/mol. The van der Waals surface area contributed by atoms with Crippen molar-refractivity contribution in [3.63, 3.8) is 0 Å². The van der Waals surface area contributed by atoms with E-state index in [0.717, 1.165) is 60.0 Å². The van der Waals surface area contributed by atoms with Gasteiger partial charge in [0, 0.05) is 55.3 Å². The van der Waals surface area contributed by atoms with Gasteiger partial charge in [-0.05, 0) is 45.2 Å². The summed E-state index contributed by atoms with van der Waals surface area (Å²) in [7, 11) is 0. The molecule has 0 saturated carbocycles. The quantitative estimate of drug-likeness (QED) is 0.629. The molecule has 0 radical (unpaired) electrons. The molecule has 1 fully saturated rings. The van der Waals surface area contributed by atoms with Crippen LogP contribution in [0.1, 0.15) is 39.7 Å². The van der Waals surface area contributed by atoms with Gasteiger partial charge >= 0.3 is 0 Å². The number of aromatic nitrogens is 4. The highest BCUT2D eigenvalue weighted by atomic mass is 19.2. The Hall–Kier alpha value is -3.36. The summed E-state index contributed by atoms with van der Waals surface area (Å²) in [5.74, 6) is -0.327. The molecule has 0 unspecified atom stereocenters. The summed E-state index contributed by atoms with van der Waals surface area (Å²) in [5.41, 5.74) is 3.60. The molecule has 2 aromatic heterocycles. The summed E-state index contributed by atoms with van der Waals surface area (Å²) >= 11 is 0. The maximum absolute atomic E-state index is 13.8. The van der Waals surface area contributed by atoms with Gasteiger partial charge in [0.1, 0.15) is 11.6 Å². The van der Waals surface area contributed by atoms with E-state index in [4.69, 9.17) is 0 Å². The molecule has 5 rings (SSSR count). The van der Waals surface area contributed by atoms with Crippen LogP contribution in [0.3, 0.4) is 0 Å². The van der Waals surface area contributed by atoms with Crippen molar-refractivity contribution < 1.29 is 13.6 Å². The summed E-state index contributed by atoms with van der Waals surface area (Å²) < 4.78 is 28.8. The first-order valence-corrected chi connectivity index (χ1v) is 10.8. The fourth-order valence-electron chi connectivity index (χ4n) is 4.59. The number of carbonyl (C=O) groups is 1. The molecule has 3 aromatic rings. The molecule has 0 atom stereocenters. The molecule has 1 aliphatic heterocycles. The second-order valence-corrected chi connectivity index (χ2v) is 8.33. The standard InChI is InChI=1S/C23H24F2N6O/c1-14-12-21(27-15(2)26-14)29-8-10-30(11-9-29)23(32)22-17-4-3-5-20(17)31(28-22)16-6-7-18(24)19(25)13-16/h6-7,12-13H,3-5,8-11H2,1-2H3. The average Bonchev–Trinajstić information content (AvgIpc) is 3.38. The Morgan fingerprint density at radius 2 is 1.75 bits per heavy atom. The van der Waals surface area contributed by atoms with Crippen LogP contribution in [0, 0.1) is 25.5 Å². The SMILES string of the molecule is Cc1cc(N2CCN(C(=O)c3nn(-c4ccc(F)c(F)c4)c4c3CCC4)CC2)nc(C)n1. The number of hydrogen-bond donors (Lipinski definition) is 0. The predicted octanol–water partition coefficient (Wildman–Crippen LogP) is 3.01. The van der Waals surface area contributed by atoms with Crippen LogP contribution in [0.2, 0.25) is 0 Å². The Morgan fingerprint density at radius 1 is 0.969 bits per heavy atom. The van der Waals surface area contributed by atoms with Gasteiger partial charge in [-0.3, -0.25) is 4.79 Å². The van der Waals surface area contributed by atoms with E-state index < -0.39 is 11.6 Å². The van der Waals surface area contributed by atoms with E-state index in [-0.39, 0.29) is 5.91 Å². The third-order valence-electron chi connectivity index (χ3n) is 6.12. The van der Waals surface area contributed by atoms with Gasteiger partial charge in [0.15, 0.2) is 17.3 Å². The van der Waals surface area contributed by atoms with E-state index in [1.807, 2.05) is 24.8 Å². The molecule has 1 aliphatic carbocycles. The summed E-state index contributed by atoms with van der Waals surface area (Å²) in [6.45, 7) is 6.30. The van der Waals surface area contributed by atoms with Crippen LogP contribution in [0.4, 0.5) is 14.6 Å². The number of aryl methyl sites for hydroxylation is 2. The fourth-order valence-corrected chi connectivity index (χ4v) is 4.59. The van der Waals surface area contributed by atoms with E-state index >= 15 is 0 Å². The number of amides is 1. The second kappa shape index (κ2) is 7.96. The van der Waals surface area contributed by atoms with Gasteiger partial charge in [0.25, 0.3) is 5.91 Å². The van der Waals surface area contributed by atoms with Crippen molar-refractivity contribution in [3.8, 4) is 5.69 Å². The zero-order valence-corrected chi connectivity index (χ0v) is 18.1. The van der Waals surface area contributed by atoms with Crippen molar-refractivity contribution >= 4 is 11.7 Å². The fraction of sp³-hybridized carbons (Fsp3) is 0.391. The van der Waals surface area contributed by atoms with Crippen LogP contribution in [0.15, 0.2) is 24.3 Å². The lowest BCUT2D eigenvalue weighted by Crippen LogP contribution is -2.49. The first kappa shape index (κ1) is 20.5. The van der Waals surface area contributed by atoms with Gasteiger partial charge in [0.2, 0.25) is 0 Å². The summed E-state index contributed by atoms with van der Waals surface area (Å²) in [6, 6.07) is 5.66. The van der Waals surface area contributed by atoms with Gasteiger partial charge < -0.3 is 9.80 Å². The molecule has 2 aliphatic rings. The summed E-state index contributed by atoms with van der Waals surface area (Å²) in [5, 5.41) is 4.55. The minimum absolute atomic E-state index is 0.112. The highest BCUT2D eigenvalue weighted by molar-refractivity contribution is 5.94. The highest BCUT2D eigenvalue weighted by Crippen LogP contribution is 2.29. The van der Waals surface area contributed by atoms with Crippen molar-refractivity contribution in [1.29, 1.82) is 0 Å². The normalized spacial score (nSPS) is 15.9. The minimum Gasteiger partial charge on any atom is -0.353 e. The lowest BCUT2D eigenvalue weighted by molar-refractivity contribution is 0.0739. The van der Waals surface area contributed by atoms with Gasteiger partial charge in [-0.1, -0.05) is 0 Å². The number of hydrogen-bond acceptors (Lipinski definition) is 5. The lowest BCUT2D eigenvalue weighted by atomic mass is 10.1. The van der Waals surface area contributed by atoms with Crippen LogP contribution < -0.4 is 4.90 Å². The van der Waals surface area contributed by atoms with Gasteiger partial charge in [0.05, 0.1) is 5.69 Å². The second-order valence-electron chi connectivity index (χ2n) is 8.33. The van der Waals surface area contributed by atoms with E-state index in [0.29, 0.717) is 37.6 Å². The van der Waals surface area contributed by atoms with Gasteiger partial charge in [-0.15, -0.1) is 0 Å². The lowest BCUT2D eigenvalue weighted by Gasteiger charge is -2.35. The third-order valence-corrected chi connectivity index (χ3v) is 6.12. The molecule has 1 amide bonds. The van der Waals surface area contributed by atoms with Crippen molar-refractivity contribution in [2.24, 2.45) is 0 Å². The first-order valence-electron chi connectivity index (χ1n) is 10.8. The van der Waals surface area contributed by atoms with Crippen molar-refractivity contribution in [2.75, 3.05) is 31.1 Å². The van der Waals surface area contributed by atoms with Crippen LogP contribution in [-0.2, 0) is 12.8 Å². The van der Waals surface area contributed by atoms with Crippen molar-refractivity contribution in [3.05, 3.63) is 64.4 Å². The molecular formula is C23H24F2N6O. The predicted molar refractivity (Wildman–Crippen MR) is 115 cm³/mol. The Bertz CT molecular complexity index is 1180. The Labute approximate surface area is 184 Å². The third kappa shape index (κ3) is 3.61. The molecule has 7 nitrogen and oxygen atoms in total. The van der Waals surface area contributed by atoms with Crippen LogP contribution in [-0.4, -0.2) is 56.7 Å². The van der Waals surface area contributed by atoms with Crippen LogP contribution in [0.25, 0.3) is 5.69 Å². The van der Waals surface area contributed by atoms with E-state index in [1.54, 1.807) is 4.68 Å². The van der Waals surface area contributed by atoms with Gasteiger partial charge in [-0.2, -0.15) is 5.10 Å². The highest BCUT2D eigenvalue weighted by Gasteiger charge is 2.31. The number of benzene rings is 1. The molecule has 0 N–H and O–H groups in total. The first-order chi connectivity index (χ1) is 15.4. The molecule has 32 heavy (non-hydrogen) atoms. The molecule has 0 spiro atoms. The molecule has 1 aromatic carbocycles. The smallest absolute Gasteiger partial charge is 0.274 e. The zero-order valence-electron chi connectivity index (χ0n) is 18.1. The molecular weight excluding hydrogens is 414 g/mol. The largest absolute Gasteiger partial charge is 0.353 e. The molecule has 9 heteroatoms. The van der Waals surface area contributed by atoms with E-state index in [1.165, 1.54) is 6.07 Å². The van der Waals surface area contributed by atoms with Crippen molar-refractivity contribution in [1.82, 2.24) is 24.6 Å². The van der Waals surface area contributed by atoms with E-state index in [2.05, 4.69) is 20.0 Å². The van der Waals surface area contributed by atoms with Crippen LogP contribution in [0.5, 0.6) is 0 Å². The maximum Gasteiger partial charge on any atom is 0.274 e. The molecule has 166 valence electrons. The maximum atomic E-state index is 13.8. The topological polar surface area (TPSA) is 67.2 Å². The average molecular weight is 438 g/mol. The molecule has 0 bridgehead atoms. The van der Waals surface area contributed by atoms with Crippen LogP contribution >= 0.6 is 0 Å². The Kier molecular flexibility index (Phi) is 5.11. The zero-order chi connectivity index (χ0) is 22.4. The number of rotatable bonds is 3. The Balaban J connectivity index is 1.37. The van der Waals surface area contributed by atoms with E-state index in [9.17, 15) is 13.6 Å². The minimum atomic E-state index is -0.927. The Morgan fingerprint density at radius 3 is 2.47 bits per heavy atom. The number of carbonyl (C=O) groups excluding carboxylic acids is 1. The molecule has 1 saturated heterocycles. The summed E-state index contributed by atoms with van der Waals surface area (Å²) in [4.78, 5) is 26.2. The number of halogens is 2. The number of anilines is 1. The number of piperazine rings is 1.